The predicted molar refractivity (Wildman–Crippen MR) is 92.2 cm³/mol. The van der Waals surface area contributed by atoms with E-state index in [1.807, 2.05) is 24.3 Å². The van der Waals surface area contributed by atoms with Gasteiger partial charge in [0.2, 0.25) is 0 Å². The van der Waals surface area contributed by atoms with Gasteiger partial charge in [-0.1, -0.05) is 25.5 Å². The molecule has 2 aromatic carbocycles. The van der Waals surface area contributed by atoms with Gasteiger partial charge in [-0.15, -0.1) is 0 Å². The Morgan fingerprint density at radius 2 is 1.61 bits per heavy atom. The molecule has 0 amide bonds. The Kier molecular flexibility index (Phi) is 6.56. The Labute approximate surface area is 137 Å². The first-order valence-corrected chi connectivity index (χ1v) is 8.07. The van der Waals surface area contributed by atoms with Crippen molar-refractivity contribution in [3.8, 4) is 11.5 Å². The van der Waals surface area contributed by atoms with Gasteiger partial charge in [0.05, 0.1) is 0 Å². The van der Waals surface area contributed by atoms with E-state index in [-0.39, 0.29) is 11.9 Å². The Hall–Kier alpha value is -1.91. The summed E-state index contributed by atoms with van der Waals surface area (Å²) in [5.74, 6) is 1.08. The molecule has 2 rings (SSSR count). The molecule has 1 atom stereocenters. The van der Waals surface area contributed by atoms with Crippen LogP contribution in [0.1, 0.15) is 31.4 Å². The van der Waals surface area contributed by atoms with Crippen molar-refractivity contribution in [2.75, 3.05) is 20.1 Å². The molecular weight excluding hydrogens is 291 g/mol. The summed E-state index contributed by atoms with van der Waals surface area (Å²) < 4.78 is 18.6. The molecule has 0 radical (unpaired) electrons. The number of hydrogen-bond donors (Lipinski definition) is 1. The summed E-state index contributed by atoms with van der Waals surface area (Å²) in [6.45, 7) is 3.80. The first-order valence-electron chi connectivity index (χ1n) is 8.07. The number of nitrogens with two attached hydrogens (primary N) is 1. The van der Waals surface area contributed by atoms with Crippen molar-refractivity contribution in [2.45, 2.75) is 25.8 Å². The second kappa shape index (κ2) is 8.65. The molecule has 2 N–H and O–H groups in total. The van der Waals surface area contributed by atoms with E-state index in [9.17, 15) is 4.39 Å². The zero-order valence-electron chi connectivity index (χ0n) is 13.8. The van der Waals surface area contributed by atoms with Crippen LogP contribution in [0.5, 0.6) is 11.5 Å². The SMILES string of the molecule is CCCCN(C)C(CN)c1ccc(Oc2ccc(F)cc2)cc1. The number of rotatable bonds is 8. The molecule has 3 nitrogen and oxygen atoms in total. The molecular formula is C19H25FN2O. The monoisotopic (exact) mass is 316 g/mol. The maximum absolute atomic E-state index is 12.9. The van der Waals surface area contributed by atoms with Crippen LogP contribution in [0.3, 0.4) is 0 Å². The van der Waals surface area contributed by atoms with Crippen LogP contribution < -0.4 is 10.5 Å². The molecule has 0 saturated carbocycles. The number of unbranched alkanes of at least 4 members (excludes halogenated alkanes) is 1. The highest BCUT2D eigenvalue weighted by Crippen LogP contribution is 2.25. The van der Waals surface area contributed by atoms with Gasteiger partial charge in [0.15, 0.2) is 0 Å². The minimum absolute atomic E-state index is 0.210. The van der Waals surface area contributed by atoms with Crippen LogP contribution in [0.25, 0.3) is 0 Å². The minimum Gasteiger partial charge on any atom is -0.457 e. The fraction of sp³-hybridized carbons (Fsp3) is 0.368. The molecule has 0 spiro atoms. The standard InChI is InChI=1S/C19H25FN2O/c1-3-4-13-22(2)19(14-21)15-5-9-17(10-6-15)23-18-11-7-16(20)8-12-18/h5-12,19H,3-4,13-14,21H2,1-2H3. The van der Waals surface area contributed by atoms with Crippen LogP contribution in [0.2, 0.25) is 0 Å². The van der Waals surface area contributed by atoms with Crippen molar-refractivity contribution in [2.24, 2.45) is 5.73 Å². The fourth-order valence-corrected chi connectivity index (χ4v) is 2.53. The van der Waals surface area contributed by atoms with Crippen LogP contribution in [0.15, 0.2) is 48.5 Å². The van der Waals surface area contributed by atoms with Gasteiger partial charge in [-0.25, -0.2) is 4.39 Å². The molecule has 0 aliphatic rings. The van der Waals surface area contributed by atoms with Gasteiger partial charge in [0.1, 0.15) is 17.3 Å². The molecule has 0 aliphatic heterocycles. The van der Waals surface area contributed by atoms with Gasteiger partial charge >= 0.3 is 0 Å². The highest BCUT2D eigenvalue weighted by molar-refractivity contribution is 5.34. The van der Waals surface area contributed by atoms with E-state index >= 15 is 0 Å². The van der Waals surface area contributed by atoms with Crippen molar-refractivity contribution >= 4 is 0 Å². The van der Waals surface area contributed by atoms with Gasteiger partial charge in [0, 0.05) is 12.6 Å². The zero-order valence-corrected chi connectivity index (χ0v) is 13.8. The molecule has 0 aliphatic carbocycles. The van der Waals surface area contributed by atoms with E-state index in [1.165, 1.54) is 30.5 Å². The molecule has 2 aromatic rings. The highest BCUT2D eigenvalue weighted by Gasteiger charge is 2.14. The third kappa shape index (κ3) is 5.05. The van der Waals surface area contributed by atoms with Crippen molar-refractivity contribution in [3.05, 3.63) is 59.9 Å². The summed E-state index contributed by atoms with van der Waals surface area (Å²) in [5.41, 5.74) is 7.12. The third-order valence-electron chi connectivity index (χ3n) is 3.93. The first-order chi connectivity index (χ1) is 11.1. The smallest absolute Gasteiger partial charge is 0.127 e. The molecule has 124 valence electrons. The predicted octanol–water partition coefficient (Wildman–Crippen LogP) is 4.35. The molecule has 0 heterocycles. The number of benzene rings is 2. The minimum atomic E-state index is -0.270. The molecule has 0 saturated heterocycles. The van der Waals surface area contributed by atoms with Crippen LogP contribution in [0, 0.1) is 5.82 Å². The van der Waals surface area contributed by atoms with Gasteiger partial charge in [-0.3, -0.25) is 4.90 Å². The second-order valence-electron chi connectivity index (χ2n) is 5.71. The van der Waals surface area contributed by atoms with Crippen molar-refractivity contribution in [1.82, 2.24) is 4.90 Å². The summed E-state index contributed by atoms with van der Waals surface area (Å²) in [6, 6.07) is 14.1. The quantitative estimate of drug-likeness (QED) is 0.787. The lowest BCUT2D eigenvalue weighted by atomic mass is 10.1. The fourth-order valence-electron chi connectivity index (χ4n) is 2.53. The Bertz CT molecular complexity index is 583. The van der Waals surface area contributed by atoms with Crippen LogP contribution in [-0.2, 0) is 0 Å². The average Bonchev–Trinajstić information content (AvgIpc) is 2.57. The van der Waals surface area contributed by atoms with Crippen LogP contribution >= 0.6 is 0 Å². The maximum atomic E-state index is 12.9. The van der Waals surface area contributed by atoms with Crippen LogP contribution in [0.4, 0.5) is 4.39 Å². The van der Waals surface area contributed by atoms with Crippen molar-refractivity contribution < 1.29 is 9.13 Å². The number of likely N-dealkylation sites (N-methyl/N-ethyl adjacent to an activating group) is 1. The molecule has 0 fully saturated rings. The van der Waals surface area contributed by atoms with Gasteiger partial charge in [-0.05, 0) is 62.0 Å². The molecule has 4 heteroatoms. The Morgan fingerprint density at radius 3 is 2.13 bits per heavy atom. The lowest BCUT2D eigenvalue weighted by Crippen LogP contribution is -2.31. The topological polar surface area (TPSA) is 38.5 Å². The van der Waals surface area contributed by atoms with Gasteiger partial charge < -0.3 is 10.5 Å². The van der Waals surface area contributed by atoms with Crippen molar-refractivity contribution in [3.63, 3.8) is 0 Å². The lowest BCUT2D eigenvalue weighted by Gasteiger charge is -2.27. The zero-order chi connectivity index (χ0) is 16.7. The summed E-state index contributed by atoms with van der Waals surface area (Å²) in [6.07, 6.45) is 2.34. The number of nitrogens with zero attached hydrogens (tertiary/aromatic N) is 1. The average molecular weight is 316 g/mol. The number of halogens is 1. The highest BCUT2D eigenvalue weighted by atomic mass is 19.1. The third-order valence-corrected chi connectivity index (χ3v) is 3.93. The largest absolute Gasteiger partial charge is 0.457 e. The lowest BCUT2D eigenvalue weighted by molar-refractivity contribution is 0.246. The molecule has 0 bridgehead atoms. The Morgan fingerprint density at radius 1 is 1.04 bits per heavy atom. The van der Waals surface area contributed by atoms with E-state index in [0.29, 0.717) is 12.3 Å². The van der Waals surface area contributed by atoms with Crippen molar-refractivity contribution in [1.29, 1.82) is 0 Å². The van der Waals surface area contributed by atoms with Crippen LogP contribution in [-0.4, -0.2) is 25.0 Å². The summed E-state index contributed by atoms with van der Waals surface area (Å²) in [5, 5.41) is 0. The van der Waals surface area contributed by atoms with E-state index in [1.54, 1.807) is 12.1 Å². The summed E-state index contributed by atoms with van der Waals surface area (Å²) in [7, 11) is 2.11. The van der Waals surface area contributed by atoms with E-state index in [0.717, 1.165) is 12.3 Å². The number of ether oxygens (including phenoxy) is 1. The second-order valence-corrected chi connectivity index (χ2v) is 5.71. The number of hydrogen-bond acceptors (Lipinski definition) is 3. The van der Waals surface area contributed by atoms with E-state index in [2.05, 4.69) is 18.9 Å². The van der Waals surface area contributed by atoms with E-state index < -0.39 is 0 Å². The summed E-state index contributed by atoms with van der Waals surface area (Å²) in [4.78, 5) is 2.29. The molecule has 0 aromatic heterocycles. The Balaban J connectivity index is 2.03. The van der Waals surface area contributed by atoms with Gasteiger partial charge in [0.25, 0.3) is 0 Å². The molecule has 1 unspecified atom stereocenters. The molecule has 23 heavy (non-hydrogen) atoms. The van der Waals surface area contributed by atoms with Gasteiger partial charge in [-0.2, -0.15) is 0 Å². The maximum Gasteiger partial charge on any atom is 0.127 e. The first kappa shape index (κ1) is 17.4. The normalized spacial score (nSPS) is 12.4. The van der Waals surface area contributed by atoms with E-state index in [4.69, 9.17) is 10.5 Å². The summed E-state index contributed by atoms with van der Waals surface area (Å²) >= 11 is 0.